The van der Waals surface area contributed by atoms with E-state index in [9.17, 15) is 4.79 Å². The average molecular weight is 440 g/mol. The molecule has 1 amide bonds. The molecule has 0 spiro atoms. The van der Waals surface area contributed by atoms with Crippen molar-refractivity contribution in [3.05, 3.63) is 46.2 Å². The van der Waals surface area contributed by atoms with E-state index in [0.717, 1.165) is 3.70 Å². The Kier molecular flexibility index (Phi) is 4.48. The number of aromatic nitrogens is 3. The van der Waals surface area contributed by atoms with Gasteiger partial charge in [0.05, 0.1) is 19.0 Å². The van der Waals surface area contributed by atoms with Gasteiger partial charge in [0, 0.05) is 0 Å². The molecule has 0 atom stereocenters. The highest BCUT2D eigenvalue weighted by atomic mass is 127. The predicted octanol–water partition coefficient (Wildman–Crippen LogP) is 3.87. The van der Waals surface area contributed by atoms with Crippen molar-refractivity contribution in [3.63, 3.8) is 0 Å². The zero-order valence-electron chi connectivity index (χ0n) is 13.6. The molecule has 3 aromatic rings. The van der Waals surface area contributed by atoms with E-state index >= 15 is 0 Å². The monoisotopic (exact) mass is 440 g/mol. The molecule has 3 aromatic heterocycles. The van der Waals surface area contributed by atoms with Crippen molar-refractivity contribution < 1.29 is 13.9 Å². The first-order valence-corrected chi connectivity index (χ1v) is 8.44. The summed E-state index contributed by atoms with van der Waals surface area (Å²) in [5, 5.41) is 4.50. The second-order valence-corrected chi connectivity index (χ2v) is 7.29. The maximum atomic E-state index is 12.6. The normalized spacial score (nSPS) is 11.7. The molecule has 24 heavy (non-hydrogen) atoms. The van der Waals surface area contributed by atoms with Gasteiger partial charge in [0.15, 0.2) is 11.5 Å². The lowest BCUT2D eigenvalue weighted by Gasteiger charge is -2.26. The third-order valence-electron chi connectivity index (χ3n) is 3.09. The number of hydrogen-bond donors (Lipinski definition) is 0. The highest BCUT2D eigenvalue weighted by molar-refractivity contribution is 14.1. The number of carbonyl (C=O) groups excluding carboxylic acids is 1. The van der Waals surface area contributed by atoms with Crippen LogP contribution >= 0.6 is 22.6 Å². The quantitative estimate of drug-likeness (QED) is 0.579. The van der Waals surface area contributed by atoms with Crippen molar-refractivity contribution in [2.75, 3.05) is 4.90 Å². The van der Waals surface area contributed by atoms with Gasteiger partial charge in [-0.1, -0.05) is 0 Å². The minimum Gasteiger partial charge on any atom is -0.467 e. The Balaban J connectivity index is 1.98. The fourth-order valence-corrected chi connectivity index (χ4v) is 2.59. The summed E-state index contributed by atoms with van der Waals surface area (Å²) in [6, 6.07) is 7.13. The van der Waals surface area contributed by atoms with E-state index in [4.69, 9.17) is 9.15 Å². The summed E-state index contributed by atoms with van der Waals surface area (Å²) < 4.78 is 13.4. The second-order valence-electron chi connectivity index (χ2n) is 6.19. The molecule has 8 heteroatoms. The maximum absolute atomic E-state index is 12.6. The van der Waals surface area contributed by atoms with E-state index in [1.165, 1.54) is 4.90 Å². The van der Waals surface area contributed by atoms with E-state index in [-0.39, 0.29) is 6.54 Å². The van der Waals surface area contributed by atoms with E-state index in [2.05, 4.69) is 32.7 Å². The number of anilines is 1. The number of fused-ring (bicyclic) bond motifs is 1. The molecule has 126 valence electrons. The fourth-order valence-electron chi connectivity index (χ4n) is 2.09. The van der Waals surface area contributed by atoms with Gasteiger partial charge in [0.2, 0.25) is 0 Å². The Bertz CT molecular complexity index is 852. The standard InChI is InChI=1S/C16H17IN4O3/c1-16(2,3)24-15(22)20(10-11-5-4-8-23-11)14-7-6-13-18-9-12(17)21(13)19-14/h4-9H,10H2,1-3H3. The second kappa shape index (κ2) is 6.42. The number of hydrogen-bond acceptors (Lipinski definition) is 5. The number of halogens is 1. The summed E-state index contributed by atoms with van der Waals surface area (Å²) in [6.45, 7) is 5.70. The molecule has 3 rings (SSSR count). The molecule has 0 fully saturated rings. The lowest BCUT2D eigenvalue weighted by molar-refractivity contribution is 0.0573. The van der Waals surface area contributed by atoms with Crippen LogP contribution in [0.5, 0.6) is 0 Å². The van der Waals surface area contributed by atoms with E-state index in [1.807, 2.05) is 26.8 Å². The van der Waals surface area contributed by atoms with E-state index in [1.54, 1.807) is 35.2 Å². The molecule has 0 aliphatic heterocycles. The fraction of sp³-hybridized carbons (Fsp3) is 0.312. The van der Waals surface area contributed by atoms with Gasteiger partial charge in [-0.15, -0.1) is 5.10 Å². The van der Waals surface area contributed by atoms with Gasteiger partial charge < -0.3 is 9.15 Å². The lowest BCUT2D eigenvalue weighted by Crippen LogP contribution is -2.37. The van der Waals surface area contributed by atoms with Crippen LogP contribution < -0.4 is 4.90 Å². The van der Waals surface area contributed by atoms with Crippen LogP contribution in [0, 0.1) is 3.70 Å². The van der Waals surface area contributed by atoms with Crippen LogP contribution in [0.15, 0.2) is 41.1 Å². The Hall–Kier alpha value is -2.10. The number of ether oxygens (including phenoxy) is 1. The summed E-state index contributed by atoms with van der Waals surface area (Å²) >= 11 is 2.14. The highest BCUT2D eigenvalue weighted by Crippen LogP contribution is 2.20. The molecule has 3 heterocycles. The van der Waals surface area contributed by atoms with Gasteiger partial charge in [-0.3, -0.25) is 4.90 Å². The van der Waals surface area contributed by atoms with E-state index < -0.39 is 11.7 Å². The van der Waals surface area contributed by atoms with Crippen LogP contribution in [-0.2, 0) is 11.3 Å². The van der Waals surface area contributed by atoms with Crippen LogP contribution in [0.1, 0.15) is 26.5 Å². The minimum absolute atomic E-state index is 0.228. The highest BCUT2D eigenvalue weighted by Gasteiger charge is 2.26. The topological polar surface area (TPSA) is 72.9 Å². The van der Waals surface area contributed by atoms with Crippen molar-refractivity contribution >= 4 is 40.1 Å². The first-order valence-electron chi connectivity index (χ1n) is 7.37. The zero-order chi connectivity index (χ0) is 17.3. The van der Waals surface area contributed by atoms with Crippen molar-refractivity contribution in [2.45, 2.75) is 32.9 Å². The third-order valence-corrected chi connectivity index (χ3v) is 3.83. The largest absolute Gasteiger partial charge is 0.467 e. The van der Waals surface area contributed by atoms with Gasteiger partial charge in [0.25, 0.3) is 0 Å². The Morgan fingerprint density at radius 2 is 2.17 bits per heavy atom. The zero-order valence-corrected chi connectivity index (χ0v) is 15.7. The van der Waals surface area contributed by atoms with Crippen LogP contribution in [-0.4, -0.2) is 26.3 Å². The van der Waals surface area contributed by atoms with Crippen molar-refractivity contribution in [2.24, 2.45) is 0 Å². The van der Waals surface area contributed by atoms with Crippen LogP contribution in [0.3, 0.4) is 0 Å². The van der Waals surface area contributed by atoms with Gasteiger partial charge in [0.1, 0.15) is 15.1 Å². The van der Waals surface area contributed by atoms with Crippen molar-refractivity contribution in [3.8, 4) is 0 Å². The molecule has 0 N–H and O–H groups in total. The van der Waals surface area contributed by atoms with Crippen molar-refractivity contribution in [1.29, 1.82) is 0 Å². The molecule has 0 bridgehead atoms. The van der Waals surface area contributed by atoms with Crippen LogP contribution in [0.4, 0.5) is 10.6 Å². The Morgan fingerprint density at radius 1 is 1.38 bits per heavy atom. The summed E-state index contributed by atoms with van der Waals surface area (Å²) in [5.41, 5.74) is 0.108. The number of nitrogens with zero attached hydrogens (tertiary/aromatic N) is 4. The van der Waals surface area contributed by atoms with Gasteiger partial charge >= 0.3 is 6.09 Å². The number of carbonyl (C=O) groups is 1. The maximum Gasteiger partial charge on any atom is 0.416 e. The van der Waals surface area contributed by atoms with Crippen LogP contribution in [0.25, 0.3) is 5.65 Å². The number of imidazole rings is 1. The molecule has 7 nitrogen and oxygen atoms in total. The van der Waals surface area contributed by atoms with Gasteiger partial charge in [-0.25, -0.2) is 14.3 Å². The molecule has 0 aromatic carbocycles. The van der Waals surface area contributed by atoms with Crippen molar-refractivity contribution in [1.82, 2.24) is 14.6 Å². The Labute approximate surface area is 152 Å². The smallest absolute Gasteiger partial charge is 0.416 e. The number of rotatable bonds is 3. The molecule has 0 unspecified atom stereocenters. The summed E-state index contributed by atoms with van der Waals surface area (Å²) in [7, 11) is 0. The molecule has 0 saturated carbocycles. The van der Waals surface area contributed by atoms with Gasteiger partial charge in [-0.2, -0.15) is 0 Å². The molecule has 0 radical (unpaired) electrons. The van der Waals surface area contributed by atoms with Gasteiger partial charge in [-0.05, 0) is 67.6 Å². The third kappa shape index (κ3) is 3.69. The summed E-state index contributed by atoms with van der Waals surface area (Å²) in [4.78, 5) is 18.3. The number of amides is 1. The number of furan rings is 1. The SMILES string of the molecule is CC(C)(C)OC(=O)N(Cc1ccco1)c1ccc2ncc(I)n2n1. The van der Waals surface area contributed by atoms with E-state index in [0.29, 0.717) is 17.2 Å². The van der Waals surface area contributed by atoms with Crippen LogP contribution in [0.2, 0.25) is 0 Å². The molecular weight excluding hydrogens is 423 g/mol. The molecule has 0 aliphatic carbocycles. The lowest BCUT2D eigenvalue weighted by atomic mass is 10.2. The Morgan fingerprint density at radius 3 is 2.83 bits per heavy atom. The predicted molar refractivity (Wildman–Crippen MR) is 96.8 cm³/mol. The molecule has 0 aliphatic rings. The summed E-state index contributed by atoms with van der Waals surface area (Å²) in [6.07, 6.45) is 2.80. The summed E-state index contributed by atoms with van der Waals surface area (Å²) in [5.74, 6) is 1.10. The minimum atomic E-state index is -0.605. The molecule has 0 saturated heterocycles. The first kappa shape index (κ1) is 16.7. The molecular formula is C16H17IN4O3. The first-order chi connectivity index (χ1) is 11.3. The average Bonchev–Trinajstić information content (AvgIpc) is 3.13.